The second-order valence-corrected chi connectivity index (χ2v) is 6.29. The molecular formula is C16H25N3O. The van der Waals surface area contributed by atoms with Crippen molar-refractivity contribution in [2.45, 2.75) is 52.1 Å². The molecule has 2 rings (SSSR count). The first kappa shape index (κ1) is 14.9. The predicted molar refractivity (Wildman–Crippen MR) is 83.7 cm³/mol. The smallest absolute Gasteiger partial charge is 0.241 e. The largest absolute Gasteiger partial charge is 0.398 e. The zero-order chi connectivity index (χ0) is 14.9. The number of nitrogens with two attached hydrogens (primary N) is 1. The molecule has 1 aromatic carbocycles. The van der Waals surface area contributed by atoms with E-state index in [-0.39, 0.29) is 17.5 Å². The topological polar surface area (TPSA) is 58.4 Å². The molecule has 1 aromatic rings. The lowest BCUT2D eigenvalue weighted by atomic mass is 10.0. The monoisotopic (exact) mass is 275 g/mol. The zero-order valence-corrected chi connectivity index (χ0v) is 12.9. The van der Waals surface area contributed by atoms with Crippen LogP contribution < -0.4 is 11.1 Å². The number of hydrogen-bond acceptors (Lipinski definition) is 3. The Kier molecular flexibility index (Phi) is 4.04. The van der Waals surface area contributed by atoms with Crippen molar-refractivity contribution in [1.29, 1.82) is 0 Å². The van der Waals surface area contributed by atoms with Gasteiger partial charge in [0.15, 0.2) is 0 Å². The molecule has 0 aliphatic carbocycles. The average Bonchev–Trinajstić information content (AvgIpc) is 2.73. The number of nitrogens with zero attached hydrogens (tertiary/aromatic N) is 1. The van der Waals surface area contributed by atoms with Crippen LogP contribution in [0.15, 0.2) is 18.2 Å². The molecular weight excluding hydrogens is 250 g/mol. The van der Waals surface area contributed by atoms with Crippen LogP contribution in [-0.2, 0) is 4.79 Å². The Hall–Kier alpha value is -1.55. The molecule has 1 fully saturated rings. The van der Waals surface area contributed by atoms with E-state index in [0.717, 1.165) is 30.6 Å². The quantitative estimate of drug-likeness (QED) is 0.834. The Morgan fingerprint density at radius 2 is 2.15 bits per heavy atom. The zero-order valence-electron chi connectivity index (χ0n) is 12.9. The molecule has 20 heavy (non-hydrogen) atoms. The third kappa shape index (κ3) is 2.80. The Morgan fingerprint density at radius 1 is 1.45 bits per heavy atom. The van der Waals surface area contributed by atoms with Gasteiger partial charge in [0.25, 0.3) is 0 Å². The molecule has 1 atom stereocenters. The van der Waals surface area contributed by atoms with Crippen LogP contribution in [0.3, 0.4) is 0 Å². The Balaban J connectivity index is 2.10. The molecule has 1 heterocycles. The third-order valence-corrected chi connectivity index (χ3v) is 4.45. The summed E-state index contributed by atoms with van der Waals surface area (Å²) in [6.45, 7) is 9.29. The molecule has 0 bridgehead atoms. The molecule has 3 N–H and O–H groups in total. The first-order valence-corrected chi connectivity index (χ1v) is 7.25. The lowest BCUT2D eigenvalue weighted by molar-refractivity contribution is -0.122. The van der Waals surface area contributed by atoms with Crippen LogP contribution in [0.25, 0.3) is 0 Å². The van der Waals surface area contributed by atoms with Crippen LogP contribution in [0, 0.1) is 6.92 Å². The number of hydrogen-bond donors (Lipinski definition) is 2. The van der Waals surface area contributed by atoms with Gasteiger partial charge in [0.2, 0.25) is 5.91 Å². The normalized spacial score (nSPS) is 19.8. The molecule has 4 nitrogen and oxygen atoms in total. The van der Waals surface area contributed by atoms with E-state index >= 15 is 0 Å². The van der Waals surface area contributed by atoms with Crippen molar-refractivity contribution in [2.24, 2.45) is 0 Å². The van der Waals surface area contributed by atoms with Crippen molar-refractivity contribution in [3.05, 3.63) is 23.8 Å². The highest BCUT2D eigenvalue weighted by Gasteiger charge is 2.37. The minimum absolute atomic E-state index is 0.0358. The summed E-state index contributed by atoms with van der Waals surface area (Å²) in [6, 6.07) is 5.47. The van der Waals surface area contributed by atoms with Crippen LogP contribution >= 0.6 is 0 Å². The van der Waals surface area contributed by atoms with Gasteiger partial charge in [-0.1, -0.05) is 6.07 Å². The maximum absolute atomic E-state index is 12.5. The lowest BCUT2D eigenvalue weighted by Crippen LogP contribution is -2.49. The predicted octanol–water partition coefficient (Wildman–Crippen LogP) is 2.78. The number of nitrogens with one attached hydrogen (secondary N) is 1. The van der Waals surface area contributed by atoms with Gasteiger partial charge in [-0.05, 0) is 64.8 Å². The number of likely N-dealkylation sites (tertiary alicyclic amines) is 1. The summed E-state index contributed by atoms with van der Waals surface area (Å²) in [7, 11) is 0. The SMILES string of the molecule is Cc1c(N)cccc1NC(=O)C(C)N1CCCC1(C)C. The summed E-state index contributed by atoms with van der Waals surface area (Å²) in [5.74, 6) is 0.0358. The number of carbonyl (C=O) groups is 1. The number of nitrogen functional groups attached to an aromatic ring is 1. The fourth-order valence-electron chi connectivity index (χ4n) is 3.01. The van der Waals surface area contributed by atoms with Gasteiger partial charge in [-0.2, -0.15) is 0 Å². The Bertz CT molecular complexity index is 510. The standard InChI is InChI=1S/C16H25N3O/c1-11-13(17)7-5-8-14(11)18-15(20)12(2)19-10-6-9-16(19,3)4/h5,7-8,12H,6,9-10,17H2,1-4H3,(H,18,20). The summed E-state index contributed by atoms with van der Waals surface area (Å²) in [6.07, 6.45) is 2.30. The first-order chi connectivity index (χ1) is 9.33. The van der Waals surface area contributed by atoms with E-state index in [1.165, 1.54) is 0 Å². The van der Waals surface area contributed by atoms with Crippen molar-refractivity contribution in [3.63, 3.8) is 0 Å². The fourth-order valence-corrected chi connectivity index (χ4v) is 3.01. The van der Waals surface area contributed by atoms with Gasteiger partial charge in [0.1, 0.15) is 0 Å². The summed E-state index contributed by atoms with van der Waals surface area (Å²) >= 11 is 0. The van der Waals surface area contributed by atoms with E-state index in [1.54, 1.807) is 0 Å². The summed E-state index contributed by atoms with van der Waals surface area (Å²) in [5, 5.41) is 3.00. The van der Waals surface area contributed by atoms with Gasteiger partial charge in [-0.15, -0.1) is 0 Å². The highest BCUT2D eigenvalue weighted by Crippen LogP contribution is 2.30. The van der Waals surface area contributed by atoms with Crippen LogP contribution in [0.5, 0.6) is 0 Å². The molecule has 1 aliphatic rings. The second-order valence-electron chi connectivity index (χ2n) is 6.29. The van der Waals surface area contributed by atoms with Crippen molar-refractivity contribution in [2.75, 3.05) is 17.6 Å². The molecule has 1 unspecified atom stereocenters. The van der Waals surface area contributed by atoms with Crippen molar-refractivity contribution < 1.29 is 4.79 Å². The number of anilines is 2. The minimum Gasteiger partial charge on any atom is -0.398 e. The molecule has 0 aromatic heterocycles. The van der Waals surface area contributed by atoms with E-state index in [9.17, 15) is 4.79 Å². The molecule has 0 spiro atoms. The molecule has 1 amide bonds. The molecule has 1 aliphatic heterocycles. The minimum atomic E-state index is -0.131. The highest BCUT2D eigenvalue weighted by molar-refractivity contribution is 5.95. The highest BCUT2D eigenvalue weighted by atomic mass is 16.2. The molecule has 0 saturated carbocycles. The van der Waals surface area contributed by atoms with E-state index in [1.807, 2.05) is 32.0 Å². The van der Waals surface area contributed by atoms with Crippen molar-refractivity contribution in [3.8, 4) is 0 Å². The van der Waals surface area contributed by atoms with E-state index in [4.69, 9.17) is 5.73 Å². The van der Waals surface area contributed by atoms with Gasteiger partial charge in [0, 0.05) is 16.9 Å². The lowest BCUT2D eigenvalue weighted by Gasteiger charge is -2.35. The maximum atomic E-state index is 12.5. The van der Waals surface area contributed by atoms with Gasteiger partial charge in [-0.3, -0.25) is 9.69 Å². The number of carbonyl (C=O) groups excluding carboxylic acids is 1. The van der Waals surface area contributed by atoms with Gasteiger partial charge in [0.05, 0.1) is 6.04 Å². The average molecular weight is 275 g/mol. The van der Waals surface area contributed by atoms with E-state index in [2.05, 4.69) is 24.1 Å². The summed E-state index contributed by atoms with van der Waals surface area (Å²) in [5.41, 5.74) is 8.41. The maximum Gasteiger partial charge on any atom is 0.241 e. The van der Waals surface area contributed by atoms with Gasteiger partial charge in [-0.25, -0.2) is 0 Å². The molecule has 110 valence electrons. The van der Waals surface area contributed by atoms with Gasteiger partial charge >= 0.3 is 0 Å². The van der Waals surface area contributed by atoms with Crippen LogP contribution in [-0.4, -0.2) is 28.9 Å². The van der Waals surface area contributed by atoms with Crippen LogP contribution in [0.1, 0.15) is 39.2 Å². The van der Waals surface area contributed by atoms with Crippen molar-refractivity contribution in [1.82, 2.24) is 4.90 Å². The van der Waals surface area contributed by atoms with Gasteiger partial charge < -0.3 is 11.1 Å². The summed E-state index contributed by atoms with van der Waals surface area (Å²) in [4.78, 5) is 14.7. The number of rotatable bonds is 3. The second kappa shape index (κ2) is 5.44. The first-order valence-electron chi connectivity index (χ1n) is 7.25. The van der Waals surface area contributed by atoms with E-state index < -0.39 is 0 Å². The van der Waals surface area contributed by atoms with Crippen LogP contribution in [0.4, 0.5) is 11.4 Å². The van der Waals surface area contributed by atoms with E-state index in [0.29, 0.717) is 5.69 Å². The molecule has 1 saturated heterocycles. The third-order valence-electron chi connectivity index (χ3n) is 4.45. The molecule has 0 radical (unpaired) electrons. The molecule has 4 heteroatoms. The fraction of sp³-hybridized carbons (Fsp3) is 0.562. The number of amides is 1. The Labute approximate surface area is 121 Å². The van der Waals surface area contributed by atoms with Crippen molar-refractivity contribution >= 4 is 17.3 Å². The van der Waals surface area contributed by atoms with Crippen LogP contribution in [0.2, 0.25) is 0 Å². The Morgan fingerprint density at radius 3 is 2.75 bits per heavy atom. The summed E-state index contributed by atoms with van der Waals surface area (Å²) < 4.78 is 0. The number of benzene rings is 1.